The number of aliphatic hydroxyl groups excluding tert-OH is 1. The minimum Gasteiger partial charge on any atom is -0.393 e. The fraction of sp³-hybridized carbons (Fsp3) is 1.00. The summed E-state index contributed by atoms with van der Waals surface area (Å²) < 4.78 is 0. The van der Waals surface area contributed by atoms with Crippen molar-refractivity contribution in [1.82, 2.24) is 0 Å². The van der Waals surface area contributed by atoms with Crippen LogP contribution in [0.15, 0.2) is 0 Å². The van der Waals surface area contributed by atoms with Gasteiger partial charge < -0.3 is 5.11 Å². The predicted molar refractivity (Wildman–Crippen MR) is 112 cm³/mol. The van der Waals surface area contributed by atoms with Gasteiger partial charge in [0.25, 0.3) is 0 Å². The van der Waals surface area contributed by atoms with Crippen molar-refractivity contribution >= 4 is 0 Å². The Morgan fingerprint density at radius 2 is 1.48 bits per heavy atom. The molecule has 5 saturated carbocycles. The van der Waals surface area contributed by atoms with Crippen molar-refractivity contribution in [2.45, 2.75) is 116 Å². The van der Waals surface area contributed by atoms with Crippen molar-refractivity contribution in [2.75, 3.05) is 0 Å². The molecule has 0 spiro atoms. The summed E-state index contributed by atoms with van der Waals surface area (Å²) in [4.78, 5) is 0. The lowest BCUT2D eigenvalue weighted by Gasteiger charge is -2.61. The first-order chi connectivity index (χ1) is 13.0. The highest BCUT2D eigenvalue weighted by atomic mass is 16.3. The summed E-state index contributed by atoms with van der Waals surface area (Å²) in [5.41, 5.74) is 1.21. The van der Waals surface area contributed by atoms with Crippen LogP contribution in [0, 0.1) is 46.3 Å². The quantitative estimate of drug-likeness (QED) is 0.566. The maximum atomic E-state index is 10.2. The van der Waals surface area contributed by atoms with Crippen LogP contribution in [-0.4, -0.2) is 11.2 Å². The summed E-state index contributed by atoms with van der Waals surface area (Å²) in [6.07, 6.45) is 21.6. The third-order valence-corrected chi connectivity index (χ3v) is 11.2. The molecule has 5 fully saturated rings. The summed E-state index contributed by atoms with van der Waals surface area (Å²) in [6, 6.07) is 0. The standard InChI is InChI=1S/C26H44O/c1-25-16-14-24-22(11-9-20-17-21(27)13-15-26(20,24)2)23(25)12-10-19(25)8-7-18-5-3-4-6-18/h18-24,27H,3-17H2,1-2H3/t19-,20?,21?,22?,23?,24?,25?,26?/m0/s1. The largest absolute Gasteiger partial charge is 0.393 e. The molecule has 0 aromatic rings. The van der Waals surface area contributed by atoms with Gasteiger partial charge >= 0.3 is 0 Å². The van der Waals surface area contributed by atoms with Crippen molar-refractivity contribution in [3.8, 4) is 0 Å². The van der Waals surface area contributed by atoms with Gasteiger partial charge in [0.1, 0.15) is 0 Å². The number of rotatable bonds is 3. The van der Waals surface area contributed by atoms with E-state index in [1.165, 1.54) is 70.6 Å². The van der Waals surface area contributed by atoms with Crippen LogP contribution in [0.4, 0.5) is 0 Å². The first-order valence-electron chi connectivity index (χ1n) is 12.7. The Balaban J connectivity index is 1.29. The van der Waals surface area contributed by atoms with Crippen molar-refractivity contribution < 1.29 is 5.11 Å². The van der Waals surface area contributed by atoms with E-state index >= 15 is 0 Å². The molecule has 1 heteroatoms. The molecule has 0 saturated heterocycles. The van der Waals surface area contributed by atoms with E-state index in [1.807, 2.05) is 0 Å². The van der Waals surface area contributed by atoms with Crippen LogP contribution >= 0.6 is 0 Å². The Morgan fingerprint density at radius 3 is 2.30 bits per heavy atom. The Bertz CT molecular complexity index is 536. The molecular formula is C26H44O. The molecule has 7 unspecified atom stereocenters. The summed E-state index contributed by atoms with van der Waals surface area (Å²) in [6.45, 7) is 5.36. The van der Waals surface area contributed by atoms with E-state index in [1.54, 1.807) is 12.8 Å². The first-order valence-corrected chi connectivity index (χ1v) is 12.7. The Labute approximate surface area is 168 Å². The normalized spacial score (nSPS) is 53.0. The average Bonchev–Trinajstić information content (AvgIpc) is 3.28. The van der Waals surface area contributed by atoms with E-state index in [0.29, 0.717) is 10.8 Å². The second-order valence-electron chi connectivity index (χ2n) is 12.1. The van der Waals surface area contributed by atoms with E-state index in [-0.39, 0.29) is 6.10 Å². The smallest absolute Gasteiger partial charge is 0.0543 e. The number of hydrogen-bond donors (Lipinski definition) is 1. The Morgan fingerprint density at radius 1 is 0.741 bits per heavy atom. The molecule has 154 valence electrons. The molecule has 0 bridgehead atoms. The summed E-state index contributed by atoms with van der Waals surface area (Å²) in [5.74, 6) is 5.92. The van der Waals surface area contributed by atoms with E-state index in [4.69, 9.17) is 0 Å². The van der Waals surface area contributed by atoms with Gasteiger partial charge in [-0.3, -0.25) is 0 Å². The molecule has 1 nitrogen and oxygen atoms in total. The topological polar surface area (TPSA) is 20.2 Å². The van der Waals surface area contributed by atoms with Crippen molar-refractivity contribution in [2.24, 2.45) is 46.3 Å². The fourth-order valence-corrected chi connectivity index (χ4v) is 9.55. The van der Waals surface area contributed by atoms with E-state index in [0.717, 1.165) is 48.3 Å². The molecule has 5 aliphatic carbocycles. The molecule has 0 aromatic carbocycles. The molecular weight excluding hydrogens is 328 g/mol. The summed E-state index contributed by atoms with van der Waals surface area (Å²) in [5, 5.41) is 10.2. The summed E-state index contributed by atoms with van der Waals surface area (Å²) >= 11 is 0. The highest BCUT2D eigenvalue weighted by Crippen LogP contribution is 2.68. The monoisotopic (exact) mass is 372 g/mol. The van der Waals surface area contributed by atoms with E-state index < -0.39 is 0 Å². The molecule has 0 aromatic heterocycles. The second kappa shape index (κ2) is 7.03. The molecule has 0 radical (unpaired) electrons. The molecule has 27 heavy (non-hydrogen) atoms. The lowest BCUT2D eigenvalue weighted by atomic mass is 9.44. The van der Waals surface area contributed by atoms with Crippen LogP contribution in [-0.2, 0) is 0 Å². The lowest BCUT2D eigenvalue weighted by Crippen LogP contribution is -2.53. The number of hydrogen-bond acceptors (Lipinski definition) is 1. The van der Waals surface area contributed by atoms with Gasteiger partial charge in [-0.05, 0) is 111 Å². The number of fused-ring (bicyclic) bond motifs is 5. The minimum absolute atomic E-state index is 0.0000651. The van der Waals surface area contributed by atoms with Gasteiger partial charge in [0.15, 0.2) is 0 Å². The van der Waals surface area contributed by atoms with Gasteiger partial charge in [0.2, 0.25) is 0 Å². The molecule has 1 N–H and O–H groups in total. The first kappa shape index (κ1) is 19.0. The van der Waals surface area contributed by atoms with Crippen LogP contribution in [0.1, 0.15) is 110 Å². The van der Waals surface area contributed by atoms with E-state index in [9.17, 15) is 5.11 Å². The van der Waals surface area contributed by atoms with Gasteiger partial charge in [0.05, 0.1) is 6.10 Å². The Kier molecular flexibility index (Phi) is 4.94. The molecule has 0 aliphatic heterocycles. The maximum Gasteiger partial charge on any atom is 0.0543 e. The Hall–Kier alpha value is -0.0400. The molecule has 5 rings (SSSR count). The van der Waals surface area contributed by atoms with Crippen LogP contribution in [0.2, 0.25) is 0 Å². The average molecular weight is 373 g/mol. The lowest BCUT2D eigenvalue weighted by molar-refractivity contribution is -0.127. The van der Waals surface area contributed by atoms with Gasteiger partial charge in [-0.1, -0.05) is 46.0 Å². The van der Waals surface area contributed by atoms with Crippen molar-refractivity contribution in [3.05, 3.63) is 0 Å². The molecule has 5 aliphatic rings. The zero-order chi connectivity index (χ0) is 18.6. The molecule has 8 atom stereocenters. The highest BCUT2D eigenvalue weighted by Gasteiger charge is 2.59. The zero-order valence-corrected chi connectivity index (χ0v) is 18.1. The van der Waals surface area contributed by atoms with E-state index in [2.05, 4.69) is 13.8 Å². The van der Waals surface area contributed by atoms with Gasteiger partial charge in [-0.2, -0.15) is 0 Å². The number of aliphatic hydroxyl groups is 1. The van der Waals surface area contributed by atoms with Crippen LogP contribution < -0.4 is 0 Å². The van der Waals surface area contributed by atoms with Gasteiger partial charge in [0, 0.05) is 0 Å². The van der Waals surface area contributed by atoms with Crippen LogP contribution in [0.25, 0.3) is 0 Å². The highest BCUT2D eigenvalue weighted by molar-refractivity contribution is 5.09. The predicted octanol–water partition coefficient (Wildman–Crippen LogP) is 6.98. The minimum atomic E-state index is -0.0000651. The molecule has 0 heterocycles. The zero-order valence-electron chi connectivity index (χ0n) is 18.1. The third kappa shape index (κ3) is 3.04. The van der Waals surface area contributed by atoms with Crippen LogP contribution in [0.3, 0.4) is 0 Å². The van der Waals surface area contributed by atoms with Crippen LogP contribution in [0.5, 0.6) is 0 Å². The van der Waals surface area contributed by atoms with Crippen molar-refractivity contribution in [3.63, 3.8) is 0 Å². The SMILES string of the molecule is CC12CCC(O)CC1CCC1C2CCC2(C)C1CC[C@@H]2CCC1CCCC1. The van der Waals surface area contributed by atoms with Gasteiger partial charge in [-0.15, -0.1) is 0 Å². The third-order valence-electron chi connectivity index (χ3n) is 11.2. The second-order valence-corrected chi connectivity index (χ2v) is 12.1. The maximum absolute atomic E-state index is 10.2. The molecule has 0 amide bonds. The summed E-state index contributed by atoms with van der Waals surface area (Å²) in [7, 11) is 0. The van der Waals surface area contributed by atoms with Gasteiger partial charge in [-0.25, -0.2) is 0 Å². The van der Waals surface area contributed by atoms with Crippen molar-refractivity contribution in [1.29, 1.82) is 0 Å². The fourth-order valence-electron chi connectivity index (χ4n) is 9.55.